The number of nitrogens with zero attached hydrogens (tertiary/aromatic N) is 3. The Morgan fingerprint density at radius 1 is 0.900 bits per heavy atom. The van der Waals surface area contributed by atoms with Crippen molar-refractivity contribution in [2.24, 2.45) is 0 Å². The summed E-state index contributed by atoms with van der Waals surface area (Å²) in [6, 6.07) is 23.3. The number of para-hydroxylation sites is 2. The molecule has 2 N–H and O–H groups in total. The Hall–Kier alpha value is -4.30. The summed E-state index contributed by atoms with van der Waals surface area (Å²) < 4.78 is 5.56. The first-order valence-electron chi connectivity index (χ1n) is 13.7. The van der Waals surface area contributed by atoms with Gasteiger partial charge in [0.1, 0.15) is 5.75 Å². The van der Waals surface area contributed by atoms with Crippen molar-refractivity contribution in [1.29, 1.82) is 0 Å². The van der Waals surface area contributed by atoms with Gasteiger partial charge in [-0.2, -0.15) is 0 Å². The lowest BCUT2D eigenvalue weighted by Gasteiger charge is -2.38. The highest BCUT2D eigenvalue weighted by Crippen LogP contribution is 2.31. The van der Waals surface area contributed by atoms with Crippen LogP contribution < -0.4 is 25.2 Å². The van der Waals surface area contributed by atoms with E-state index in [0.29, 0.717) is 17.8 Å². The van der Waals surface area contributed by atoms with E-state index in [1.807, 2.05) is 74.8 Å². The molecule has 0 aliphatic carbocycles. The standard InChI is InChI=1S/C32H39N5O3/c1-35(2)19-9-18-33-32(39)27-24-26(34-31(38)17-14-25-10-5-4-6-11-25)15-16-28(27)36-20-22-37(23-21-36)29-12-7-8-13-30(29)40-3/h4-8,10-17,24H,9,18-23H2,1-3H3,(H,33,39)(H,34,38)/b17-14+. The van der Waals surface area contributed by atoms with Crippen LogP contribution in [0, 0.1) is 0 Å². The zero-order chi connectivity index (χ0) is 28.3. The summed E-state index contributed by atoms with van der Waals surface area (Å²) in [5.74, 6) is 0.464. The fourth-order valence-electron chi connectivity index (χ4n) is 4.76. The molecular formula is C32H39N5O3. The largest absolute Gasteiger partial charge is 0.495 e. The number of piperazine rings is 1. The van der Waals surface area contributed by atoms with Crippen LogP contribution in [0.5, 0.6) is 5.75 Å². The molecule has 0 radical (unpaired) electrons. The highest BCUT2D eigenvalue weighted by atomic mass is 16.5. The minimum Gasteiger partial charge on any atom is -0.495 e. The van der Waals surface area contributed by atoms with Crippen molar-refractivity contribution in [3.05, 3.63) is 90.0 Å². The molecule has 1 saturated heterocycles. The third-order valence-electron chi connectivity index (χ3n) is 6.85. The lowest BCUT2D eigenvalue weighted by Crippen LogP contribution is -2.47. The van der Waals surface area contributed by atoms with Crippen LogP contribution in [0.1, 0.15) is 22.3 Å². The van der Waals surface area contributed by atoms with Gasteiger partial charge in [-0.25, -0.2) is 0 Å². The maximum absolute atomic E-state index is 13.4. The molecule has 3 aromatic rings. The second kappa shape index (κ2) is 14.2. The topological polar surface area (TPSA) is 77.1 Å². The molecule has 1 aliphatic rings. The molecule has 8 heteroatoms. The Kier molecular flexibility index (Phi) is 10.2. The maximum Gasteiger partial charge on any atom is 0.253 e. The highest BCUT2D eigenvalue weighted by Gasteiger charge is 2.23. The number of carbonyl (C=O) groups excluding carboxylic acids is 2. The van der Waals surface area contributed by atoms with Crippen molar-refractivity contribution in [2.45, 2.75) is 6.42 Å². The van der Waals surface area contributed by atoms with Gasteiger partial charge in [-0.3, -0.25) is 9.59 Å². The first-order valence-corrected chi connectivity index (χ1v) is 13.7. The van der Waals surface area contributed by atoms with E-state index in [1.54, 1.807) is 19.3 Å². The van der Waals surface area contributed by atoms with Gasteiger partial charge in [0.2, 0.25) is 5.91 Å². The summed E-state index contributed by atoms with van der Waals surface area (Å²) in [4.78, 5) is 32.6. The molecule has 0 bridgehead atoms. The van der Waals surface area contributed by atoms with Gasteiger partial charge in [0, 0.05) is 50.2 Å². The molecule has 2 amide bonds. The number of rotatable bonds is 11. The van der Waals surface area contributed by atoms with E-state index in [-0.39, 0.29) is 11.8 Å². The number of anilines is 3. The van der Waals surface area contributed by atoms with Gasteiger partial charge >= 0.3 is 0 Å². The minimum atomic E-state index is -0.251. The first-order chi connectivity index (χ1) is 19.4. The molecular weight excluding hydrogens is 502 g/mol. The number of benzene rings is 3. The number of nitrogens with one attached hydrogen (secondary N) is 2. The van der Waals surface area contributed by atoms with Crippen LogP contribution in [0.15, 0.2) is 78.9 Å². The average Bonchev–Trinajstić information content (AvgIpc) is 2.98. The van der Waals surface area contributed by atoms with Crippen LogP contribution in [0.4, 0.5) is 17.1 Å². The fourth-order valence-corrected chi connectivity index (χ4v) is 4.76. The van der Waals surface area contributed by atoms with Gasteiger partial charge in [-0.1, -0.05) is 42.5 Å². The van der Waals surface area contributed by atoms with Crippen LogP contribution in [0.3, 0.4) is 0 Å². The molecule has 8 nitrogen and oxygen atoms in total. The first kappa shape index (κ1) is 28.7. The van der Waals surface area contributed by atoms with Crippen molar-refractivity contribution < 1.29 is 14.3 Å². The van der Waals surface area contributed by atoms with Crippen LogP contribution in [0.2, 0.25) is 0 Å². The SMILES string of the molecule is COc1ccccc1N1CCN(c2ccc(NC(=O)/C=C/c3ccccc3)cc2C(=O)NCCCN(C)C)CC1. The molecule has 3 aromatic carbocycles. The summed E-state index contributed by atoms with van der Waals surface area (Å²) in [6.45, 7) is 4.57. The number of amides is 2. The predicted molar refractivity (Wildman–Crippen MR) is 163 cm³/mol. The summed E-state index contributed by atoms with van der Waals surface area (Å²) >= 11 is 0. The van der Waals surface area contributed by atoms with E-state index >= 15 is 0 Å². The molecule has 1 fully saturated rings. The van der Waals surface area contributed by atoms with Gasteiger partial charge < -0.3 is 30.1 Å². The van der Waals surface area contributed by atoms with E-state index in [4.69, 9.17) is 4.74 Å². The fraction of sp³-hybridized carbons (Fsp3) is 0.312. The Labute approximate surface area is 237 Å². The number of ether oxygens (including phenoxy) is 1. The van der Waals surface area contributed by atoms with Crippen molar-refractivity contribution in [1.82, 2.24) is 10.2 Å². The molecule has 1 heterocycles. The number of methoxy groups -OCH3 is 1. The zero-order valence-corrected chi connectivity index (χ0v) is 23.6. The van der Waals surface area contributed by atoms with E-state index < -0.39 is 0 Å². The quantitative estimate of drug-likeness (QED) is 0.278. The van der Waals surface area contributed by atoms with Gasteiger partial charge in [0.15, 0.2) is 0 Å². The summed E-state index contributed by atoms with van der Waals surface area (Å²) in [5, 5.41) is 5.97. The van der Waals surface area contributed by atoms with Crippen molar-refractivity contribution >= 4 is 35.0 Å². The molecule has 0 spiro atoms. The predicted octanol–water partition coefficient (Wildman–Crippen LogP) is 4.36. The Morgan fingerprint density at radius 2 is 1.57 bits per heavy atom. The molecule has 0 atom stereocenters. The van der Waals surface area contributed by atoms with Crippen LogP contribution >= 0.6 is 0 Å². The zero-order valence-electron chi connectivity index (χ0n) is 23.6. The average molecular weight is 542 g/mol. The van der Waals surface area contributed by atoms with Crippen molar-refractivity contribution in [3.8, 4) is 5.75 Å². The van der Waals surface area contributed by atoms with Crippen molar-refractivity contribution in [2.75, 3.05) is 75.6 Å². The third kappa shape index (κ3) is 7.86. The van der Waals surface area contributed by atoms with Gasteiger partial charge in [0.25, 0.3) is 5.91 Å². The van der Waals surface area contributed by atoms with Gasteiger partial charge in [-0.15, -0.1) is 0 Å². The normalized spacial score (nSPS) is 13.5. The van der Waals surface area contributed by atoms with E-state index in [0.717, 1.165) is 61.8 Å². The summed E-state index contributed by atoms with van der Waals surface area (Å²) in [6.07, 6.45) is 4.12. The Morgan fingerprint density at radius 3 is 2.27 bits per heavy atom. The second-order valence-corrected chi connectivity index (χ2v) is 10.0. The number of hydrogen-bond donors (Lipinski definition) is 2. The lowest BCUT2D eigenvalue weighted by atomic mass is 10.1. The molecule has 40 heavy (non-hydrogen) atoms. The molecule has 0 aromatic heterocycles. The monoisotopic (exact) mass is 541 g/mol. The summed E-state index contributed by atoms with van der Waals surface area (Å²) in [7, 11) is 5.72. The lowest BCUT2D eigenvalue weighted by molar-refractivity contribution is -0.111. The Balaban J connectivity index is 1.49. The van der Waals surface area contributed by atoms with E-state index in [2.05, 4.69) is 31.4 Å². The highest BCUT2D eigenvalue weighted by molar-refractivity contribution is 6.05. The van der Waals surface area contributed by atoms with E-state index in [1.165, 1.54) is 6.08 Å². The third-order valence-corrected chi connectivity index (χ3v) is 6.85. The van der Waals surface area contributed by atoms with Crippen LogP contribution in [-0.4, -0.2) is 77.2 Å². The molecule has 210 valence electrons. The van der Waals surface area contributed by atoms with E-state index in [9.17, 15) is 9.59 Å². The second-order valence-electron chi connectivity index (χ2n) is 10.0. The maximum atomic E-state index is 13.4. The number of carbonyl (C=O) groups is 2. The van der Waals surface area contributed by atoms with Crippen LogP contribution in [0.25, 0.3) is 6.08 Å². The molecule has 0 saturated carbocycles. The van der Waals surface area contributed by atoms with Gasteiger partial charge in [0.05, 0.1) is 18.4 Å². The van der Waals surface area contributed by atoms with Crippen molar-refractivity contribution in [3.63, 3.8) is 0 Å². The molecule has 4 rings (SSSR count). The number of hydrogen-bond acceptors (Lipinski definition) is 6. The Bertz CT molecular complexity index is 1300. The summed E-state index contributed by atoms with van der Waals surface area (Å²) in [5.41, 5.74) is 4.02. The van der Waals surface area contributed by atoms with Gasteiger partial charge in [-0.05, 0) is 69.0 Å². The molecule has 1 aliphatic heterocycles. The minimum absolute atomic E-state index is 0.142. The smallest absolute Gasteiger partial charge is 0.253 e. The van der Waals surface area contributed by atoms with Crippen LogP contribution in [-0.2, 0) is 4.79 Å². The molecule has 0 unspecified atom stereocenters.